The van der Waals surface area contributed by atoms with Crippen LogP contribution in [-0.2, 0) is 10.0 Å². The second kappa shape index (κ2) is 2.83. The molecule has 2 aliphatic heterocycles. The highest BCUT2D eigenvalue weighted by Gasteiger charge is 2.48. The van der Waals surface area contributed by atoms with Gasteiger partial charge in [0.25, 0.3) is 0 Å². The molecule has 2 bridgehead atoms. The van der Waals surface area contributed by atoms with Gasteiger partial charge in [-0.25, -0.2) is 8.42 Å². The zero-order chi connectivity index (χ0) is 9.76. The number of fused-ring (bicyclic) bond motifs is 2. The summed E-state index contributed by atoms with van der Waals surface area (Å²) in [7, 11) is -2.94. The second-order valence-electron chi connectivity index (χ2n) is 4.54. The average Bonchev–Trinajstić information content (AvgIpc) is 2.94. The third-order valence-corrected chi connectivity index (χ3v) is 5.96. The lowest BCUT2D eigenvalue weighted by atomic mass is 10.2. The first-order valence-electron chi connectivity index (χ1n) is 5.38. The third-order valence-electron chi connectivity index (χ3n) is 3.49. The van der Waals surface area contributed by atoms with Gasteiger partial charge in [-0.05, 0) is 32.1 Å². The molecule has 0 spiro atoms. The first kappa shape index (κ1) is 8.92. The first-order chi connectivity index (χ1) is 6.69. The molecule has 0 aromatic rings. The van der Waals surface area contributed by atoms with Crippen molar-refractivity contribution in [2.24, 2.45) is 0 Å². The lowest BCUT2D eigenvalue weighted by Crippen LogP contribution is -2.43. The van der Waals surface area contributed by atoms with E-state index in [4.69, 9.17) is 0 Å². The predicted octanol–water partition coefficient (Wildman–Crippen LogP) is 1.27. The molecule has 2 atom stereocenters. The van der Waals surface area contributed by atoms with Gasteiger partial charge in [-0.2, -0.15) is 4.31 Å². The standard InChI is InChI=1S/C10H15NO2S/c12-14(13,10-6-7-10)11-8-2-1-3-9(11)5-4-8/h1-2,8-10H,3-7H2. The van der Waals surface area contributed by atoms with Crippen LogP contribution >= 0.6 is 0 Å². The van der Waals surface area contributed by atoms with Crippen LogP contribution in [0, 0.1) is 0 Å². The lowest BCUT2D eigenvalue weighted by molar-refractivity contribution is 0.340. The summed E-state index contributed by atoms with van der Waals surface area (Å²) in [6.45, 7) is 0. The van der Waals surface area contributed by atoms with Crippen molar-refractivity contribution >= 4 is 10.0 Å². The van der Waals surface area contributed by atoms with E-state index < -0.39 is 10.0 Å². The van der Waals surface area contributed by atoms with E-state index in [1.165, 1.54) is 0 Å². The number of sulfonamides is 1. The van der Waals surface area contributed by atoms with Crippen molar-refractivity contribution in [1.82, 2.24) is 4.31 Å². The summed E-state index contributed by atoms with van der Waals surface area (Å²) in [5.74, 6) is 0. The Morgan fingerprint density at radius 1 is 1.14 bits per heavy atom. The molecule has 1 saturated carbocycles. The quantitative estimate of drug-likeness (QED) is 0.648. The Kier molecular flexibility index (Phi) is 1.80. The van der Waals surface area contributed by atoms with Crippen LogP contribution in [0.4, 0.5) is 0 Å². The third kappa shape index (κ3) is 1.17. The summed E-state index contributed by atoms with van der Waals surface area (Å²) >= 11 is 0. The van der Waals surface area contributed by atoms with Gasteiger partial charge in [0.2, 0.25) is 10.0 Å². The Balaban J connectivity index is 1.95. The maximum Gasteiger partial charge on any atom is 0.217 e. The van der Waals surface area contributed by atoms with Gasteiger partial charge in [0.05, 0.1) is 5.25 Å². The molecule has 78 valence electrons. The largest absolute Gasteiger partial charge is 0.217 e. The molecular formula is C10H15NO2S. The molecule has 4 heteroatoms. The van der Waals surface area contributed by atoms with Crippen molar-refractivity contribution in [2.75, 3.05) is 0 Å². The van der Waals surface area contributed by atoms with Gasteiger partial charge in [0, 0.05) is 12.1 Å². The Bertz CT molecular complexity index is 370. The number of nitrogens with zero attached hydrogens (tertiary/aromatic N) is 1. The smallest absolute Gasteiger partial charge is 0.212 e. The highest BCUT2D eigenvalue weighted by Crippen LogP contribution is 2.40. The summed E-state index contributed by atoms with van der Waals surface area (Å²) in [5.41, 5.74) is 0. The van der Waals surface area contributed by atoms with E-state index in [2.05, 4.69) is 12.2 Å². The molecule has 3 rings (SSSR count). The number of hydrogen-bond donors (Lipinski definition) is 0. The molecular weight excluding hydrogens is 198 g/mol. The summed E-state index contributed by atoms with van der Waals surface area (Å²) in [5, 5.41) is -0.0444. The van der Waals surface area contributed by atoms with Gasteiger partial charge in [-0.3, -0.25) is 0 Å². The molecule has 1 saturated heterocycles. The van der Waals surface area contributed by atoms with Gasteiger partial charge in [-0.15, -0.1) is 0 Å². The van der Waals surface area contributed by atoms with Crippen LogP contribution in [0.3, 0.4) is 0 Å². The molecule has 0 aromatic heterocycles. The van der Waals surface area contributed by atoms with Crippen molar-refractivity contribution in [3.8, 4) is 0 Å². The van der Waals surface area contributed by atoms with Crippen LogP contribution in [0.5, 0.6) is 0 Å². The fourth-order valence-electron chi connectivity index (χ4n) is 2.62. The lowest BCUT2D eigenvalue weighted by Gasteiger charge is -2.30. The minimum atomic E-state index is -2.94. The molecule has 0 amide bonds. The van der Waals surface area contributed by atoms with E-state index in [-0.39, 0.29) is 17.3 Å². The van der Waals surface area contributed by atoms with Crippen LogP contribution in [0.25, 0.3) is 0 Å². The molecule has 0 N–H and O–H groups in total. The van der Waals surface area contributed by atoms with Crippen LogP contribution in [0.2, 0.25) is 0 Å². The van der Waals surface area contributed by atoms with E-state index in [9.17, 15) is 8.42 Å². The summed E-state index contributed by atoms with van der Waals surface area (Å²) in [6, 6.07) is 0.454. The van der Waals surface area contributed by atoms with Crippen LogP contribution in [0.15, 0.2) is 12.2 Å². The van der Waals surface area contributed by atoms with Crippen molar-refractivity contribution in [3.63, 3.8) is 0 Å². The molecule has 0 aromatic carbocycles. The molecule has 2 fully saturated rings. The normalized spacial score (nSPS) is 37.7. The van der Waals surface area contributed by atoms with Crippen LogP contribution in [-0.4, -0.2) is 30.1 Å². The Morgan fingerprint density at radius 3 is 2.57 bits per heavy atom. The molecule has 2 heterocycles. The molecule has 3 nitrogen and oxygen atoms in total. The maximum absolute atomic E-state index is 12.1. The van der Waals surface area contributed by atoms with Gasteiger partial charge >= 0.3 is 0 Å². The van der Waals surface area contributed by atoms with Crippen molar-refractivity contribution in [1.29, 1.82) is 0 Å². The monoisotopic (exact) mass is 213 g/mol. The van der Waals surface area contributed by atoms with Crippen LogP contribution in [0.1, 0.15) is 32.1 Å². The SMILES string of the molecule is O=S(=O)(C1CC1)N1C2C=CCC1CC2. The van der Waals surface area contributed by atoms with Gasteiger partial charge in [0.1, 0.15) is 0 Å². The van der Waals surface area contributed by atoms with Gasteiger partial charge in [-0.1, -0.05) is 12.2 Å². The number of hydrogen-bond acceptors (Lipinski definition) is 2. The van der Waals surface area contributed by atoms with Crippen LogP contribution < -0.4 is 0 Å². The molecule has 2 unspecified atom stereocenters. The zero-order valence-corrected chi connectivity index (χ0v) is 8.91. The minimum absolute atomic E-state index is 0.0444. The summed E-state index contributed by atoms with van der Waals surface area (Å²) in [6.07, 6.45) is 8.95. The van der Waals surface area contributed by atoms with E-state index in [1.54, 1.807) is 4.31 Å². The highest BCUT2D eigenvalue weighted by atomic mass is 32.2. The second-order valence-corrected chi connectivity index (χ2v) is 6.65. The highest BCUT2D eigenvalue weighted by molar-refractivity contribution is 7.90. The molecule has 1 aliphatic carbocycles. The van der Waals surface area contributed by atoms with Crippen molar-refractivity contribution in [3.05, 3.63) is 12.2 Å². The van der Waals surface area contributed by atoms with Gasteiger partial charge in [0.15, 0.2) is 0 Å². The molecule has 3 aliphatic rings. The van der Waals surface area contributed by atoms with E-state index >= 15 is 0 Å². The van der Waals surface area contributed by atoms with E-state index in [0.717, 1.165) is 32.1 Å². The molecule has 0 radical (unpaired) electrons. The maximum atomic E-state index is 12.1. The number of rotatable bonds is 2. The zero-order valence-electron chi connectivity index (χ0n) is 8.09. The Morgan fingerprint density at radius 2 is 1.93 bits per heavy atom. The fraction of sp³-hybridized carbons (Fsp3) is 0.800. The Hall–Kier alpha value is -0.350. The van der Waals surface area contributed by atoms with E-state index in [0.29, 0.717) is 0 Å². The van der Waals surface area contributed by atoms with Crippen molar-refractivity contribution < 1.29 is 8.42 Å². The van der Waals surface area contributed by atoms with Gasteiger partial charge < -0.3 is 0 Å². The molecule has 14 heavy (non-hydrogen) atoms. The summed E-state index contributed by atoms with van der Waals surface area (Å²) in [4.78, 5) is 0. The summed E-state index contributed by atoms with van der Waals surface area (Å²) < 4.78 is 26.0. The topological polar surface area (TPSA) is 37.4 Å². The predicted molar refractivity (Wildman–Crippen MR) is 54.3 cm³/mol. The first-order valence-corrected chi connectivity index (χ1v) is 6.89. The Labute approximate surface area is 84.8 Å². The van der Waals surface area contributed by atoms with Crippen molar-refractivity contribution in [2.45, 2.75) is 49.4 Å². The average molecular weight is 213 g/mol. The van der Waals surface area contributed by atoms with E-state index in [1.807, 2.05) is 0 Å². The minimum Gasteiger partial charge on any atom is -0.212 e. The fourth-order valence-corrected chi connectivity index (χ4v) is 4.85.